The quantitative estimate of drug-likeness (QED) is 0.690. The van der Waals surface area contributed by atoms with Gasteiger partial charge in [0.25, 0.3) is 5.91 Å². The van der Waals surface area contributed by atoms with E-state index >= 15 is 0 Å². The number of carbonyl (C=O) groups excluding carboxylic acids is 2. The second-order valence-corrected chi connectivity index (χ2v) is 7.18. The molecule has 0 saturated carbocycles. The largest absolute Gasteiger partial charge is 0.480 e. The number of aromatic nitrogens is 1. The maximum Gasteiger partial charge on any atom is 0.412 e. The van der Waals surface area contributed by atoms with Gasteiger partial charge >= 0.3 is 12.1 Å². The van der Waals surface area contributed by atoms with Crippen LogP contribution in [0.2, 0.25) is 0 Å². The highest BCUT2D eigenvalue weighted by atomic mass is 32.1. The fraction of sp³-hybridized carbons (Fsp3) is 0.368. The van der Waals surface area contributed by atoms with Gasteiger partial charge in [-0.15, -0.1) is 11.3 Å². The van der Waals surface area contributed by atoms with Crippen molar-refractivity contribution in [3.63, 3.8) is 0 Å². The monoisotopic (exact) mass is 407 g/mol. The number of amides is 2. The summed E-state index contributed by atoms with van der Waals surface area (Å²) in [6.07, 6.45) is -0.545. The molecule has 0 aliphatic carbocycles. The van der Waals surface area contributed by atoms with Crippen LogP contribution < -0.4 is 10.6 Å². The lowest BCUT2D eigenvalue weighted by Crippen LogP contribution is -2.29. The van der Waals surface area contributed by atoms with Gasteiger partial charge in [0.05, 0.1) is 0 Å². The first-order valence-corrected chi connectivity index (χ1v) is 9.58. The average molecular weight is 407 g/mol. The van der Waals surface area contributed by atoms with Gasteiger partial charge in [-0.1, -0.05) is 13.8 Å². The number of ether oxygens (including phenoxy) is 1. The minimum absolute atomic E-state index is 0.155. The molecule has 0 saturated heterocycles. The van der Waals surface area contributed by atoms with Gasteiger partial charge < -0.3 is 15.2 Å². The van der Waals surface area contributed by atoms with E-state index in [4.69, 9.17) is 9.84 Å². The molecule has 0 aliphatic heterocycles. The molecule has 0 spiro atoms. The zero-order valence-corrected chi connectivity index (χ0v) is 17.3. The second kappa shape index (κ2) is 10.4. The van der Waals surface area contributed by atoms with Crippen molar-refractivity contribution >= 4 is 35.0 Å². The lowest BCUT2D eigenvalue weighted by molar-refractivity contribution is -0.135. The highest BCUT2D eigenvalue weighted by Gasteiger charge is 2.16. The maximum absolute atomic E-state index is 11.8. The van der Waals surface area contributed by atoms with Crippen molar-refractivity contribution in [2.24, 2.45) is 0 Å². The zero-order chi connectivity index (χ0) is 21.3. The van der Waals surface area contributed by atoms with E-state index in [9.17, 15) is 14.4 Å². The Morgan fingerprint density at radius 2 is 1.75 bits per heavy atom. The van der Waals surface area contributed by atoms with E-state index in [1.807, 2.05) is 13.8 Å². The van der Waals surface area contributed by atoms with Gasteiger partial charge in [-0.05, 0) is 45.0 Å². The van der Waals surface area contributed by atoms with Crippen LogP contribution in [0.3, 0.4) is 0 Å². The summed E-state index contributed by atoms with van der Waals surface area (Å²) < 4.78 is 5.18. The SMILES string of the molecule is CC.CC(C)(C)OC(=O)Nc1ccc(-c2nc(C(=O)NCC(=O)O)cs2)cc1. The van der Waals surface area contributed by atoms with Crippen LogP contribution in [0.25, 0.3) is 10.6 Å². The standard InChI is InChI=1S/C17H19N3O5S.C2H6/c1-17(2,3)25-16(24)19-11-6-4-10(5-7-11)15-20-12(9-26-15)14(23)18-8-13(21)22;1-2/h4-7,9H,8H2,1-3H3,(H,18,23)(H,19,24)(H,21,22);1-2H3. The summed E-state index contributed by atoms with van der Waals surface area (Å²) in [5, 5.41) is 15.6. The normalized spacial score (nSPS) is 10.3. The van der Waals surface area contributed by atoms with Crippen LogP contribution in [0.15, 0.2) is 29.6 Å². The highest BCUT2D eigenvalue weighted by molar-refractivity contribution is 7.13. The first kappa shape index (κ1) is 23.1. The minimum Gasteiger partial charge on any atom is -0.480 e. The molecule has 9 heteroatoms. The van der Waals surface area contributed by atoms with E-state index in [0.717, 1.165) is 5.56 Å². The van der Waals surface area contributed by atoms with Crippen molar-refractivity contribution in [1.82, 2.24) is 10.3 Å². The van der Waals surface area contributed by atoms with Gasteiger partial charge in [0, 0.05) is 16.6 Å². The highest BCUT2D eigenvalue weighted by Crippen LogP contribution is 2.25. The molecule has 2 rings (SSSR count). The van der Waals surface area contributed by atoms with Gasteiger partial charge in [-0.2, -0.15) is 0 Å². The molecule has 0 bridgehead atoms. The zero-order valence-electron chi connectivity index (χ0n) is 16.5. The van der Waals surface area contributed by atoms with Crippen LogP contribution in [0.4, 0.5) is 10.5 Å². The van der Waals surface area contributed by atoms with Gasteiger partial charge in [0.1, 0.15) is 22.8 Å². The molecule has 0 fully saturated rings. The predicted octanol–water partition coefficient (Wildman–Crippen LogP) is 4.00. The van der Waals surface area contributed by atoms with E-state index in [0.29, 0.717) is 10.7 Å². The van der Waals surface area contributed by atoms with E-state index in [-0.39, 0.29) is 5.69 Å². The van der Waals surface area contributed by atoms with Crippen molar-refractivity contribution in [2.45, 2.75) is 40.2 Å². The molecule has 2 amide bonds. The summed E-state index contributed by atoms with van der Waals surface area (Å²) in [7, 11) is 0. The van der Waals surface area contributed by atoms with Crippen molar-refractivity contribution in [1.29, 1.82) is 0 Å². The fourth-order valence-electron chi connectivity index (χ4n) is 1.87. The Hall–Kier alpha value is -2.94. The van der Waals surface area contributed by atoms with Gasteiger partial charge in [-0.25, -0.2) is 9.78 Å². The lowest BCUT2D eigenvalue weighted by Gasteiger charge is -2.19. The lowest BCUT2D eigenvalue weighted by atomic mass is 10.2. The summed E-state index contributed by atoms with van der Waals surface area (Å²) in [5.74, 6) is -1.67. The van der Waals surface area contributed by atoms with Crippen LogP contribution in [0.5, 0.6) is 0 Å². The molecule has 2 aromatic rings. The van der Waals surface area contributed by atoms with Gasteiger partial charge in [-0.3, -0.25) is 14.9 Å². The Kier molecular flexibility index (Phi) is 8.59. The molecule has 0 radical (unpaired) electrons. The van der Waals surface area contributed by atoms with Crippen molar-refractivity contribution in [2.75, 3.05) is 11.9 Å². The molecular formula is C19H25N3O5S. The van der Waals surface area contributed by atoms with Gasteiger partial charge in [0.15, 0.2) is 0 Å². The average Bonchev–Trinajstić information content (AvgIpc) is 3.10. The first-order valence-electron chi connectivity index (χ1n) is 8.70. The molecule has 1 aromatic carbocycles. The van der Waals surface area contributed by atoms with E-state index < -0.39 is 30.1 Å². The summed E-state index contributed by atoms with van der Waals surface area (Å²) in [5.41, 5.74) is 0.908. The summed E-state index contributed by atoms with van der Waals surface area (Å²) >= 11 is 1.26. The number of thiazole rings is 1. The molecule has 28 heavy (non-hydrogen) atoms. The van der Waals surface area contributed by atoms with Crippen LogP contribution in [-0.2, 0) is 9.53 Å². The van der Waals surface area contributed by atoms with Crippen LogP contribution >= 0.6 is 11.3 Å². The predicted molar refractivity (Wildman–Crippen MR) is 109 cm³/mol. The first-order chi connectivity index (χ1) is 13.1. The summed E-state index contributed by atoms with van der Waals surface area (Å²) in [6.45, 7) is 8.88. The van der Waals surface area contributed by atoms with Crippen LogP contribution in [0.1, 0.15) is 45.1 Å². The number of benzene rings is 1. The van der Waals surface area contributed by atoms with Crippen molar-refractivity contribution in [3.8, 4) is 10.6 Å². The number of aliphatic carboxylic acids is 1. The third-order valence-electron chi connectivity index (χ3n) is 2.91. The number of hydrogen-bond donors (Lipinski definition) is 3. The number of anilines is 1. The number of hydrogen-bond acceptors (Lipinski definition) is 6. The Labute approximate surface area is 167 Å². The Morgan fingerprint density at radius 1 is 1.14 bits per heavy atom. The topological polar surface area (TPSA) is 118 Å². The molecule has 1 heterocycles. The number of carboxylic acid groups (broad SMARTS) is 1. The number of nitrogens with zero attached hydrogens (tertiary/aromatic N) is 1. The summed E-state index contributed by atoms with van der Waals surface area (Å²) in [6, 6.07) is 6.91. The van der Waals surface area contributed by atoms with E-state index in [1.54, 1.807) is 50.4 Å². The van der Waals surface area contributed by atoms with Gasteiger partial charge in [0.2, 0.25) is 0 Å². The van der Waals surface area contributed by atoms with Crippen LogP contribution in [-0.4, -0.2) is 40.2 Å². The van der Waals surface area contributed by atoms with Crippen molar-refractivity contribution < 1.29 is 24.2 Å². The third-order valence-corrected chi connectivity index (χ3v) is 3.81. The molecule has 0 unspecified atom stereocenters. The number of carboxylic acids is 1. The second-order valence-electron chi connectivity index (χ2n) is 6.32. The Bertz CT molecular complexity index is 810. The number of nitrogens with one attached hydrogen (secondary N) is 2. The Morgan fingerprint density at radius 3 is 2.29 bits per heavy atom. The number of rotatable bonds is 5. The third kappa shape index (κ3) is 7.75. The smallest absolute Gasteiger partial charge is 0.412 e. The van der Waals surface area contributed by atoms with E-state index in [1.165, 1.54) is 11.3 Å². The van der Waals surface area contributed by atoms with Crippen LogP contribution in [0, 0.1) is 0 Å². The molecule has 152 valence electrons. The van der Waals surface area contributed by atoms with E-state index in [2.05, 4.69) is 15.6 Å². The molecular weight excluding hydrogens is 382 g/mol. The summed E-state index contributed by atoms with van der Waals surface area (Å²) in [4.78, 5) is 38.2. The molecule has 0 atom stereocenters. The molecule has 3 N–H and O–H groups in total. The number of carbonyl (C=O) groups is 3. The maximum atomic E-state index is 11.8. The molecule has 0 aliphatic rings. The van der Waals surface area contributed by atoms with Crippen molar-refractivity contribution in [3.05, 3.63) is 35.3 Å². The molecule has 1 aromatic heterocycles. The minimum atomic E-state index is -1.12. The molecule has 8 nitrogen and oxygen atoms in total. The Balaban J connectivity index is 0.00000190. The fourth-order valence-corrected chi connectivity index (χ4v) is 2.68.